The second-order valence-electron chi connectivity index (χ2n) is 21.1. The number of aliphatic hydroxyl groups is 11. The van der Waals surface area contributed by atoms with Crippen molar-refractivity contribution >= 4 is 5.91 Å². The molecule has 1 amide bonds. The molecule has 448 valence electrons. The lowest BCUT2D eigenvalue weighted by Gasteiger charge is -2.48. The van der Waals surface area contributed by atoms with E-state index in [9.17, 15) is 61.0 Å². The van der Waals surface area contributed by atoms with E-state index >= 15 is 0 Å². The summed E-state index contributed by atoms with van der Waals surface area (Å²) in [4.78, 5) is 13.3. The van der Waals surface area contributed by atoms with Crippen LogP contribution in [-0.4, -0.2) is 193 Å². The summed E-state index contributed by atoms with van der Waals surface area (Å²) in [7, 11) is 0. The molecule has 0 saturated carbocycles. The predicted molar refractivity (Wildman–Crippen MR) is 291 cm³/mol. The van der Waals surface area contributed by atoms with Crippen LogP contribution in [0.15, 0.2) is 48.6 Å². The number of amides is 1. The Morgan fingerprint density at radius 2 is 0.870 bits per heavy atom. The average Bonchev–Trinajstić information content (AvgIpc) is 3.44. The largest absolute Gasteiger partial charge is 0.394 e. The lowest BCUT2D eigenvalue weighted by molar-refractivity contribution is -0.379. The normalized spacial score (nSPS) is 31.1. The van der Waals surface area contributed by atoms with Crippen molar-refractivity contribution in [3.63, 3.8) is 0 Å². The third-order valence-corrected chi connectivity index (χ3v) is 14.6. The van der Waals surface area contributed by atoms with Crippen molar-refractivity contribution in [3.8, 4) is 0 Å². The van der Waals surface area contributed by atoms with Crippen molar-refractivity contribution in [2.45, 2.75) is 285 Å². The zero-order chi connectivity index (χ0) is 56.2. The van der Waals surface area contributed by atoms with E-state index in [1.807, 2.05) is 6.08 Å². The van der Waals surface area contributed by atoms with Crippen LogP contribution in [-0.2, 0) is 33.2 Å². The molecule has 3 fully saturated rings. The maximum Gasteiger partial charge on any atom is 0.220 e. The van der Waals surface area contributed by atoms with Gasteiger partial charge in [0.1, 0.15) is 73.2 Å². The van der Waals surface area contributed by atoms with Crippen LogP contribution in [0.5, 0.6) is 0 Å². The summed E-state index contributed by atoms with van der Waals surface area (Å²) in [5.41, 5.74) is 0. The Morgan fingerprint density at radius 3 is 1.39 bits per heavy atom. The second kappa shape index (κ2) is 41.7. The first-order valence-electron chi connectivity index (χ1n) is 29.4. The average molecular weight is 1100 g/mol. The van der Waals surface area contributed by atoms with Crippen molar-refractivity contribution < 1.29 is 89.4 Å². The SMILES string of the molecule is CCCCCC/C=C\C/C=C\CCCCCCCC(=O)NC(COC1OC(CO)C(OC2OC(CO)C(OC3OC(CO)C(O)C(O)C3O)C(O)C2O)C(O)C1O)C(O)/C=C/CC/C=C/CCCCCCCCCCCC. The first kappa shape index (κ1) is 69.0. The lowest BCUT2D eigenvalue weighted by atomic mass is 9.96. The molecule has 0 aromatic rings. The van der Waals surface area contributed by atoms with Crippen molar-refractivity contribution in [3.05, 3.63) is 48.6 Å². The molecule has 19 nitrogen and oxygen atoms in total. The van der Waals surface area contributed by atoms with Gasteiger partial charge >= 0.3 is 0 Å². The molecule has 3 aliphatic rings. The van der Waals surface area contributed by atoms with E-state index in [0.29, 0.717) is 12.8 Å². The number of carbonyl (C=O) groups is 1. The van der Waals surface area contributed by atoms with Crippen LogP contribution >= 0.6 is 0 Å². The smallest absolute Gasteiger partial charge is 0.220 e. The fourth-order valence-electron chi connectivity index (χ4n) is 9.71. The maximum atomic E-state index is 13.3. The summed E-state index contributed by atoms with van der Waals surface area (Å²) in [5, 5.41) is 120. The summed E-state index contributed by atoms with van der Waals surface area (Å²) in [6.45, 7) is 1.65. The molecule has 19 heteroatoms. The quantitative estimate of drug-likeness (QED) is 0.0291. The Labute approximate surface area is 459 Å². The van der Waals surface area contributed by atoms with E-state index in [4.69, 9.17) is 28.4 Å². The van der Waals surface area contributed by atoms with Gasteiger partial charge in [-0.3, -0.25) is 4.79 Å². The minimum Gasteiger partial charge on any atom is -0.394 e. The van der Waals surface area contributed by atoms with Gasteiger partial charge in [0.25, 0.3) is 0 Å². The maximum absolute atomic E-state index is 13.3. The van der Waals surface area contributed by atoms with Crippen LogP contribution in [0.3, 0.4) is 0 Å². The highest BCUT2D eigenvalue weighted by molar-refractivity contribution is 5.76. The molecule has 0 aromatic carbocycles. The van der Waals surface area contributed by atoms with Crippen molar-refractivity contribution in [2.75, 3.05) is 26.4 Å². The van der Waals surface area contributed by atoms with Crippen LogP contribution in [0.4, 0.5) is 0 Å². The molecule has 17 unspecified atom stereocenters. The van der Waals surface area contributed by atoms with Crippen LogP contribution in [0.2, 0.25) is 0 Å². The van der Waals surface area contributed by atoms with Gasteiger partial charge in [-0.05, 0) is 64.2 Å². The second-order valence-corrected chi connectivity index (χ2v) is 21.1. The molecular weight excluding hydrogens is 999 g/mol. The van der Waals surface area contributed by atoms with Gasteiger partial charge in [-0.25, -0.2) is 0 Å². The topological polar surface area (TPSA) is 307 Å². The molecule has 3 aliphatic heterocycles. The van der Waals surface area contributed by atoms with Gasteiger partial charge in [-0.15, -0.1) is 0 Å². The first-order chi connectivity index (χ1) is 37.3. The Bertz CT molecular complexity index is 1600. The van der Waals surface area contributed by atoms with Crippen LogP contribution in [0.25, 0.3) is 0 Å². The van der Waals surface area contributed by atoms with Crippen molar-refractivity contribution in [1.29, 1.82) is 0 Å². The van der Waals surface area contributed by atoms with Gasteiger partial charge in [0, 0.05) is 6.42 Å². The van der Waals surface area contributed by atoms with Gasteiger partial charge in [0.2, 0.25) is 5.91 Å². The molecule has 12 N–H and O–H groups in total. The Morgan fingerprint density at radius 1 is 0.468 bits per heavy atom. The molecule has 0 aliphatic carbocycles. The number of unbranched alkanes of at least 4 members (excludes halogenated alkanes) is 20. The molecule has 3 heterocycles. The van der Waals surface area contributed by atoms with E-state index in [-0.39, 0.29) is 18.9 Å². The minimum absolute atomic E-state index is 0.218. The predicted octanol–water partition coefficient (Wildman–Crippen LogP) is 4.70. The fraction of sp³-hybridized carbons (Fsp3) is 0.845. The number of hydrogen-bond donors (Lipinski definition) is 12. The highest BCUT2D eigenvalue weighted by atomic mass is 16.8. The molecular formula is C58H103NO18. The van der Waals surface area contributed by atoms with Gasteiger partial charge in [0.15, 0.2) is 18.9 Å². The summed E-state index contributed by atoms with van der Waals surface area (Å²) in [6, 6.07) is -0.997. The number of rotatable bonds is 42. The molecule has 3 saturated heterocycles. The fourth-order valence-corrected chi connectivity index (χ4v) is 9.71. The molecule has 0 bridgehead atoms. The zero-order valence-electron chi connectivity index (χ0n) is 46.4. The third-order valence-electron chi connectivity index (χ3n) is 14.6. The summed E-state index contributed by atoms with van der Waals surface area (Å²) in [5.74, 6) is -0.301. The molecule has 77 heavy (non-hydrogen) atoms. The third kappa shape index (κ3) is 26.0. The summed E-state index contributed by atoms with van der Waals surface area (Å²) in [6.07, 6.45) is 18.1. The number of nitrogens with one attached hydrogen (secondary N) is 1. The number of hydrogen-bond acceptors (Lipinski definition) is 18. The summed E-state index contributed by atoms with van der Waals surface area (Å²) < 4.78 is 34.2. The molecule has 0 aromatic heterocycles. The van der Waals surface area contributed by atoms with Gasteiger partial charge < -0.3 is 89.9 Å². The Kier molecular flexibility index (Phi) is 37.4. The highest BCUT2D eigenvalue weighted by Crippen LogP contribution is 2.33. The number of aliphatic hydroxyl groups excluding tert-OH is 11. The standard InChI is InChI=1S/C58H103NO18/c1-3-5-7-9-11-13-15-17-19-21-23-25-27-29-31-33-35-42(63)41(59-46(64)36-34-32-30-28-26-24-22-20-18-16-14-12-10-8-6-4-2)40-72-56-52(70)49(67)54(44(38-61)74-56)77-58-53(71)50(68)55(45(39-62)75-58)76-57-51(69)48(66)47(65)43(37-60)73-57/h14,16,20,22,25,27,33,35,41-45,47-58,60-63,65-71H,3-13,15,17-19,21,23-24,26,28-32,34,36-40H2,1-2H3,(H,59,64)/b16-14-,22-20-,27-25+,35-33+. The van der Waals surface area contributed by atoms with E-state index in [1.54, 1.807) is 6.08 Å². The van der Waals surface area contributed by atoms with Crippen molar-refractivity contribution in [1.82, 2.24) is 5.32 Å². The van der Waals surface area contributed by atoms with Crippen LogP contribution < -0.4 is 5.32 Å². The van der Waals surface area contributed by atoms with Crippen LogP contribution in [0, 0.1) is 0 Å². The molecule has 17 atom stereocenters. The highest BCUT2D eigenvalue weighted by Gasteiger charge is 2.53. The zero-order valence-corrected chi connectivity index (χ0v) is 46.4. The van der Waals surface area contributed by atoms with Gasteiger partial charge in [-0.2, -0.15) is 0 Å². The molecule has 3 rings (SSSR count). The number of carbonyl (C=O) groups excluding carboxylic acids is 1. The Balaban J connectivity index is 1.54. The van der Waals surface area contributed by atoms with E-state index in [0.717, 1.165) is 64.2 Å². The first-order valence-corrected chi connectivity index (χ1v) is 29.4. The van der Waals surface area contributed by atoms with E-state index in [2.05, 4.69) is 55.6 Å². The van der Waals surface area contributed by atoms with Crippen LogP contribution in [0.1, 0.15) is 181 Å². The Hall–Kier alpha value is -2.25. The van der Waals surface area contributed by atoms with E-state index < -0.39 is 124 Å². The monoisotopic (exact) mass is 1100 g/mol. The number of allylic oxidation sites excluding steroid dienone is 7. The molecule has 0 radical (unpaired) electrons. The van der Waals surface area contributed by atoms with Gasteiger partial charge in [0.05, 0.1) is 38.6 Å². The lowest BCUT2D eigenvalue weighted by Crippen LogP contribution is -2.66. The summed E-state index contributed by atoms with van der Waals surface area (Å²) >= 11 is 0. The molecule has 0 spiro atoms. The van der Waals surface area contributed by atoms with Gasteiger partial charge in [-0.1, -0.05) is 159 Å². The van der Waals surface area contributed by atoms with Crippen molar-refractivity contribution in [2.24, 2.45) is 0 Å². The number of ether oxygens (including phenoxy) is 6. The van der Waals surface area contributed by atoms with E-state index in [1.165, 1.54) is 83.5 Å². The minimum atomic E-state index is -1.98.